The molecule has 2 aromatic heterocycles. The molecule has 0 aliphatic carbocycles. The van der Waals surface area contributed by atoms with Crippen LogP contribution in [-0.4, -0.2) is 15.2 Å². The number of thiazole rings is 1. The highest BCUT2D eigenvalue weighted by Gasteiger charge is 2.09. The van der Waals surface area contributed by atoms with E-state index in [0.717, 1.165) is 9.88 Å². The summed E-state index contributed by atoms with van der Waals surface area (Å²) in [5.74, 6) is 0.433. The Morgan fingerprint density at radius 2 is 2.38 bits per heavy atom. The summed E-state index contributed by atoms with van der Waals surface area (Å²) in [7, 11) is 0. The monoisotopic (exact) mass is 239 g/mol. The van der Waals surface area contributed by atoms with Crippen molar-refractivity contribution in [3.8, 4) is 0 Å². The molecule has 2 heterocycles. The minimum absolute atomic E-state index is 0.242. The van der Waals surface area contributed by atoms with E-state index in [1.165, 1.54) is 0 Å². The van der Waals surface area contributed by atoms with Crippen LogP contribution in [0.4, 0.5) is 6.01 Å². The highest BCUT2D eigenvalue weighted by atomic mass is 32.1. The SMILES string of the molecule is Cc1ncc(CNc2nnc(C(C)N)o2)s1. The Bertz CT molecular complexity index is 464. The second-order valence-corrected chi connectivity index (χ2v) is 4.75. The summed E-state index contributed by atoms with van der Waals surface area (Å²) >= 11 is 1.63. The van der Waals surface area contributed by atoms with Gasteiger partial charge in [0.15, 0.2) is 0 Å². The van der Waals surface area contributed by atoms with Gasteiger partial charge in [0.1, 0.15) is 0 Å². The summed E-state index contributed by atoms with van der Waals surface area (Å²) in [5.41, 5.74) is 5.61. The highest BCUT2D eigenvalue weighted by Crippen LogP contribution is 2.15. The molecule has 0 saturated heterocycles. The van der Waals surface area contributed by atoms with Crippen LogP contribution in [-0.2, 0) is 6.54 Å². The fourth-order valence-electron chi connectivity index (χ4n) is 1.14. The van der Waals surface area contributed by atoms with Crippen LogP contribution in [0.2, 0.25) is 0 Å². The van der Waals surface area contributed by atoms with E-state index in [0.29, 0.717) is 18.5 Å². The maximum atomic E-state index is 5.61. The fraction of sp³-hybridized carbons (Fsp3) is 0.444. The molecule has 7 heteroatoms. The van der Waals surface area contributed by atoms with E-state index >= 15 is 0 Å². The first-order valence-electron chi connectivity index (χ1n) is 4.89. The first-order chi connectivity index (χ1) is 7.65. The summed E-state index contributed by atoms with van der Waals surface area (Å²) < 4.78 is 5.30. The van der Waals surface area contributed by atoms with Gasteiger partial charge in [-0.25, -0.2) is 4.98 Å². The number of hydrogen-bond donors (Lipinski definition) is 2. The third-order valence-corrected chi connectivity index (χ3v) is 2.83. The van der Waals surface area contributed by atoms with Crippen molar-refractivity contribution < 1.29 is 4.42 Å². The van der Waals surface area contributed by atoms with Crippen LogP contribution in [0.5, 0.6) is 0 Å². The molecule has 0 bridgehead atoms. The first-order valence-corrected chi connectivity index (χ1v) is 5.71. The Morgan fingerprint density at radius 1 is 1.56 bits per heavy atom. The molecular formula is C9H13N5OS. The third kappa shape index (κ3) is 2.56. The quantitative estimate of drug-likeness (QED) is 0.839. The van der Waals surface area contributed by atoms with Gasteiger partial charge in [-0.3, -0.25) is 0 Å². The number of nitrogens with two attached hydrogens (primary N) is 1. The van der Waals surface area contributed by atoms with Crippen LogP contribution < -0.4 is 11.1 Å². The number of aromatic nitrogens is 3. The average molecular weight is 239 g/mol. The van der Waals surface area contributed by atoms with Crippen LogP contribution in [0.25, 0.3) is 0 Å². The van der Waals surface area contributed by atoms with Gasteiger partial charge in [0.05, 0.1) is 17.6 Å². The van der Waals surface area contributed by atoms with E-state index in [4.69, 9.17) is 10.2 Å². The number of anilines is 1. The molecule has 2 rings (SSSR count). The molecule has 16 heavy (non-hydrogen) atoms. The van der Waals surface area contributed by atoms with Crippen molar-refractivity contribution in [2.75, 3.05) is 5.32 Å². The third-order valence-electron chi connectivity index (χ3n) is 1.91. The average Bonchev–Trinajstić information content (AvgIpc) is 2.83. The summed E-state index contributed by atoms with van der Waals surface area (Å²) in [6.45, 7) is 4.39. The number of nitrogens with zero attached hydrogens (tertiary/aromatic N) is 3. The van der Waals surface area contributed by atoms with Crippen LogP contribution in [0.1, 0.15) is 28.7 Å². The van der Waals surface area contributed by atoms with E-state index in [9.17, 15) is 0 Å². The van der Waals surface area contributed by atoms with E-state index in [1.807, 2.05) is 13.1 Å². The second kappa shape index (κ2) is 4.58. The summed E-state index contributed by atoms with van der Waals surface area (Å²) in [4.78, 5) is 5.28. The molecular weight excluding hydrogens is 226 g/mol. The zero-order chi connectivity index (χ0) is 11.5. The molecule has 0 aromatic carbocycles. The lowest BCUT2D eigenvalue weighted by Gasteiger charge is -1.97. The lowest BCUT2D eigenvalue weighted by Crippen LogP contribution is -2.04. The maximum absolute atomic E-state index is 5.61. The fourth-order valence-corrected chi connectivity index (χ4v) is 1.87. The van der Waals surface area contributed by atoms with E-state index < -0.39 is 0 Å². The molecule has 1 atom stereocenters. The number of hydrogen-bond acceptors (Lipinski definition) is 7. The molecule has 0 aliphatic heterocycles. The maximum Gasteiger partial charge on any atom is 0.315 e. The Kier molecular flexibility index (Phi) is 3.16. The van der Waals surface area contributed by atoms with Gasteiger partial charge in [-0.05, 0) is 13.8 Å². The molecule has 0 saturated carbocycles. The smallest absolute Gasteiger partial charge is 0.315 e. The van der Waals surface area contributed by atoms with Crippen molar-refractivity contribution in [1.29, 1.82) is 0 Å². The van der Waals surface area contributed by atoms with Gasteiger partial charge in [0.2, 0.25) is 5.89 Å². The summed E-state index contributed by atoms with van der Waals surface area (Å²) in [5, 5.41) is 11.7. The molecule has 0 spiro atoms. The van der Waals surface area contributed by atoms with Gasteiger partial charge in [-0.15, -0.1) is 16.4 Å². The largest absolute Gasteiger partial charge is 0.406 e. The Balaban J connectivity index is 1.94. The Hall–Kier alpha value is -1.47. The lowest BCUT2D eigenvalue weighted by molar-refractivity contribution is 0.473. The Morgan fingerprint density at radius 3 is 2.94 bits per heavy atom. The summed E-state index contributed by atoms with van der Waals surface area (Å²) in [6.07, 6.45) is 1.83. The van der Waals surface area contributed by atoms with Crippen LogP contribution >= 0.6 is 11.3 Å². The van der Waals surface area contributed by atoms with Gasteiger partial charge >= 0.3 is 6.01 Å². The van der Waals surface area contributed by atoms with Gasteiger partial charge < -0.3 is 15.5 Å². The van der Waals surface area contributed by atoms with Crippen molar-refractivity contribution in [1.82, 2.24) is 15.2 Å². The second-order valence-electron chi connectivity index (χ2n) is 3.43. The predicted molar refractivity (Wildman–Crippen MR) is 61.1 cm³/mol. The normalized spacial score (nSPS) is 12.7. The number of nitrogens with one attached hydrogen (secondary N) is 1. The van der Waals surface area contributed by atoms with E-state index in [1.54, 1.807) is 18.3 Å². The molecule has 0 aliphatic rings. The van der Waals surface area contributed by atoms with Crippen molar-refractivity contribution >= 4 is 17.4 Å². The van der Waals surface area contributed by atoms with Crippen LogP contribution in [0.3, 0.4) is 0 Å². The number of rotatable bonds is 4. The van der Waals surface area contributed by atoms with Crippen LogP contribution in [0, 0.1) is 6.92 Å². The molecule has 1 unspecified atom stereocenters. The molecule has 6 nitrogen and oxygen atoms in total. The predicted octanol–water partition coefficient (Wildman–Crippen LogP) is 1.47. The van der Waals surface area contributed by atoms with Crippen molar-refractivity contribution in [3.63, 3.8) is 0 Å². The van der Waals surface area contributed by atoms with Gasteiger partial charge in [-0.1, -0.05) is 5.10 Å². The van der Waals surface area contributed by atoms with E-state index in [-0.39, 0.29) is 6.04 Å². The summed E-state index contributed by atoms with van der Waals surface area (Å²) in [6, 6.07) is 0.145. The van der Waals surface area contributed by atoms with Crippen LogP contribution in [0.15, 0.2) is 10.6 Å². The number of aryl methyl sites for hydroxylation is 1. The van der Waals surface area contributed by atoms with Gasteiger partial charge in [-0.2, -0.15) is 0 Å². The minimum Gasteiger partial charge on any atom is -0.406 e. The van der Waals surface area contributed by atoms with Crippen molar-refractivity contribution in [3.05, 3.63) is 22.0 Å². The molecule has 0 amide bonds. The first kappa shape index (κ1) is 11.0. The molecule has 86 valence electrons. The zero-order valence-electron chi connectivity index (χ0n) is 9.10. The molecule has 0 fully saturated rings. The van der Waals surface area contributed by atoms with Gasteiger partial charge in [0.25, 0.3) is 0 Å². The molecule has 0 radical (unpaired) electrons. The minimum atomic E-state index is -0.242. The van der Waals surface area contributed by atoms with Gasteiger partial charge in [0, 0.05) is 11.1 Å². The van der Waals surface area contributed by atoms with Crippen molar-refractivity contribution in [2.45, 2.75) is 26.4 Å². The zero-order valence-corrected chi connectivity index (χ0v) is 9.91. The highest BCUT2D eigenvalue weighted by molar-refractivity contribution is 7.11. The van der Waals surface area contributed by atoms with E-state index in [2.05, 4.69) is 20.5 Å². The Labute approximate surface area is 96.9 Å². The topological polar surface area (TPSA) is 89.9 Å². The molecule has 3 N–H and O–H groups in total. The molecule has 2 aromatic rings. The van der Waals surface area contributed by atoms with Crippen molar-refractivity contribution in [2.24, 2.45) is 5.73 Å². The lowest BCUT2D eigenvalue weighted by atomic mass is 10.4. The standard InChI is InChI=1S/C9H13N5OS/c1-5(10)8-13-14-9(15-8)12-4-7-3-11-6(2)16-7/h3,5H,4,10H2,1-2H3,(H,12,14).